The predicted molar refractivity (Wildman–Crippen MR) is 128 cm³/mol. The highest BCUT2D eigenvalue weighted by molar-refractivity contribution is 7.89. The third-order valence-electron chi connectivity index (χ3n) is 7.14. The van der Waals surface area contributed by atoms with Crippen molar-refractivity contribution in [3.05, 3.63) is 45.8 Å². The van der Waals surface area contributed by atoms with Gasteiger partial charge in [-0.05, 0) is 57.7 Å². The molecule has 5 rings (SSSR count). The van der Waals surface area contributed by atoms with Gasteiger partial charge in [-0.3, -0.25) is 4.79 Å². The van der Waals surface area contributed by atoms with Crippen molar-refractivity contribution in [2.75, 3.05) is 31.1 Å². The molecule has 3 aliphatic rings. The van der Waals surface area contributed by atoms with Gasteiger partial charge in [0.25, 0.3) is 0 Å². The molecule has 0 radical (unpaired) electrons. The van der Waals surface area contributed by atoms with E-state index in [4.69, 9.17) is 16.3 Å². The molecule has 3 fully saturated rings. The quantitative estimate of drug-likeness (QED) is 0.616. The normalized spacial score (nSPS) is 25.3. The van der Waals surface area contributed by atoms with Gasteiger partial charge in [0.05, 0.1) is 17.1 Å². The smallest absolute Gasteiger partial charge is 0.316 e. The van der Waals surface area contributed by atoms with Crippen LogP contribution in [-0.4, -0.2) is 59.5 Å². The summed E-state index contributed by atoms with van der Waals surface area (Å²) in [5, 5.41) is 4.49. The monoisotopic (exact) mass is 492 g/mol. The number of piperazine rings is 1. The molecule has 8 nitrogen and oxygen atoms in total. The second-order valence-corrected chi connectivity index (χ2v) is 12.4. The van der Waals surface area contributed by atoms with Crippen LogP contribution in [0.15, 0.2) is 35.3 Å². The number of hydrogen-bond acceptors (Lipinski definition) is 6. The lowest BCUT2D eigenvalue weighted by Gasteiger charge is -2.36. The number of halogens is 1. The maximum atomic E-state index is 13.6. The van der Waals surface area contributed by atoms with Crippen molar-refractivity contribution in [1.82, 2.24) is 14.1 Å². The largest absolute Gasteiger partial charge is 0.479 e. The Morgan fingerprint density at radius 3 is 2.58 bits per heavy atom. The second-order valence-electron chi connectivity index (χ2n) is 9.50. The van der Waals surface area contributed by atoms with E-state index in [9.17, 15) is 13.2 Å². The minimum atomic E-state index is -3.31. The summed E-state index contributed by atoms with van der Waals surface area (Å²) in [6.07, 6.45) is 5.84. The Labute approximate surface area is 199 Å². The minimum Gasteiger partial charge on any atom is -0.479 e. The maximum Gasteiger partial charge on any atom is 0.316 e. The summed E-state index contributed by atoms with van der Waals surface area (Å²) < 4.78 is 34.5. The zero-order chi connectivity index (χ0) is 23.4. The SMILES string of the molecule is CC(C)S(=O)(=O)N1CCN(c2cnn(-c3cccc(Cl)c3)c(=O)c2OC23CCCC2C3)CC1. The van der Waals surface area contributed by atoms with Crippen LogP contribution in [0.5, 0.6) is 5.75 Å². The summed E-state index contributed by atoms with van der Waals surface area (Å²) in [6, 6.07) is 7.01. The second kappa shape index (κ2) is 8.29. The van der Waals surface area contributed by atoms with E-state index in [1.54, 1.807) is 44.3 Å². The van der Waals surface area contributed by atoms with E-state index in [1.807, 2.05) is 4.90 Å². The van der Waals surface area contributed by atoms with Crippen LogP contribution in [0, 0.1) is 5.92 Å². The van der Waals surface area contributed by atoms with E-state index in [1.165, 1.54) is 8.99 Å². The first-order chi connectivity index (χ1) is 15.7. The van der Waals surface area contributed by atoms with Crippen LogP contribution in [0.4, 0.5) is 5.69 Å². The first kappa shape index (κ1) is 22.7. The van der Waals surface area contributed by atoms with Crippen molar-refractivity contribution in [1.29, 1.82) is 0 Å². The number of aromatic nitrogens is 2. The van der Waals surface area contributed by atoms with Crippen LogP contribution in [0.3, 0.4) is 0 Å². The van der Waals surface area contributed by atoms with Crippen molar-refractivity contribution < 1.29 is 13.2 Å². The number of benzene rings is 1. The van der Waals surface area contributed by atoms with Gasteiger partial charge in [-0.2, -0.15) is 14.1 Å². The number of fused-ring (bicyclic) bond motifs is 1. The molecule has 2 atom stereocenters. The lowest BCUT2D eigenvalue weighted by Crippen LogP contribution is -2.50. The zero-order valence-corrected chi connectivity index (χ0v) is 20.5. The molecule has 2 aliphatic carbocycles. The highest BCUT2D eigenvalue weighted by Crippen LogP contribution is 2.58. The summed E-state index contributed by atoms with van der Waals surface area (Å²) in [5.74, 6) is 0.806. The van der Waals surface area contributed by atoms with Crippen molar-refractivity contribution in [3.8, 4) is 11.4 Å². The Kier molecular flexibility index (Phi) is 5.69. The van der Waals surface area contributed by atoms with Gasteiger partial charge < -0.3 is 9.64 Å². The molecule has 0 N–H and O–H groups in total. The molecule has 2 heterocycles. The van der Waals surface area contributed by atoms with Crippen LogP contribution in [0.1, 0.15) is 39.5 Å². The Morgan fingerprint density at radius 2 is 1.97 bits per heavy atom. The van der Waals surface area contributed by atoms with Crippen molar-refractivity contribution in [2.24, 2.45) is 5.92 Å². The molecule has 2 saturated carbocycles. The molecule has 1 aliphatic heterocycles. The fourth-order valence-electron chi connectivity index (χ4n) is 5.08. The van der Waals surface area contributed by atoms with Crippen LogP contribution in [-0.2, 0) is 10.0 Å². The Balaban J connectivity index is 1.48. The molecular weight excluding hydrogens is 464 g/mol. The fourth-order valence-corrected chi connectivity index (χ4v) is 6.53. The fraction of sp³-hybridized carbons (Fsp3) is 0.565. The molecule has 1 saturated heterocycles. The minimum absolute atomic E-state index is 0.246. The summed E-state index contributed by atoms with van der Waals surface area (Å²) in [4.78, 5) is 15.6. The van der Waals surface area contributed by atoms with Crippen LogP contribution in [0.25, 0.3) is 5.69 Å². The zero-order valence-electron chi connectivity index (χ0n) is 18.9. The standard InChI is InChI=1S/C23H29ClN4O4S/c1-16(2)33(30,31)27-11-9-26(10-12-27)20-15-25-28(19-7-3-6-18(24)13-19)22(29)21(20)32-23-8-4-5-17(23)14-23/h3,6-7,13,15-17H,4-5,8-12,14H2,1-2H3. The number of ether oxygens (including phenoxy) is 1. The van der Waals surface area contributed by atoms with Crippen molar-refractivity contribution in [3.63, 3.8) is 0 Å². The molecule has 178 valence electrons. The summed E-state index contributed by atoms with van der Waals surface area (Å²) >= 11 is 6.14. The molecule has 10 heteroatoms. The van der Waals surface area contributed by atoms with E-state index in [2.05, 4.69) is 5.10 Å². The van der Waals surface area contributed by atoms with Gasteiger partial charge >= 0.3 is 5.56 Å². The molecule has 1 aromatic carbocycles. The summed E-state index contributed by atoms with van der Waals surface area (Å²) in [5.41, 5.74) is 0.642. The average Bonchev–Trinajstić information content (AvgIpc) is 3.33. The van der Waals surface area contributed by atoms with Crippen molar-refractivity contribution in [2.45, 2.75) is 50.4 Å². The topological polar surface area (TPSA) is 84.7 Å². The number of rotatable bonds is 6. The summed E-state index contributed by atoms with van der Waals surface area (Å²) in [6.45, 7) is 5.07. The number of hydrogen-bond donors (Lipinski definition) is 0. The molecule has 2 unspecified atom stereocenters. The molecule has 0 bridgehead atoms. The van der Waals surface area contributed by atoms with Gasteiger partial charge in [0.15, 0.2) is 0 Å². The number of nitrogens with zero attached hydrogens (tertiary/aromatic N) is 4. The van der Waals surface area contributed by atoms with Gasteiger partial charge in [-0.15, -0.1) is 0 Å². The van der Waals surface area contributed by atoms with E-state index < -0.39 is 15.3 Å². The summed E-state index contributed by atoms with van der Waals surface area (Å²) in [7, 11) is -3.31. The Hall–Kier alpha value is -2.10. The Bertz CT molecular complexity index is 1220. The lowest BCUT2D eigenvalue weighted by molar-refractivity contribution is 0.167. The van der Waals surface area contributed by atoms with E-state index in [0.29, 0.717) is 54.2 Å². The predicted octanol–water partition coefficient (Wildman–Crippen LogP) is 3.07. The van der Waals surface area contributed by atoms with Crippen molar-refractivity contribution >= 4 is 27.3 Å². The maximum absolute atomic E-state index is 13.6. The lowest BCUT2D eigenvalue weighted by atomic mass is 10.2. The molecule has 2 aromatic rings. The van der Waals surface area contributed by atoms with Crippen LogP contribution < -0.4 is 15.2 Å². The molecular formula is C23H29ClN4O4S. The van der Waals surface area contributed by atoms with Crippen LogP contribution >= 0.6 is 11.6 Å². The van der Waals surface area contributed by atoms with Gasteiger partial charge in [-0.25, -0.2) is 8.42 Å². The highest BCUT2D eigenvalue weighted by atomic mass is 35.5. The highest BCUT2D eigenvalue weighted by Gasteiger charge is 2.60. The van der Waals surface area contributed by atoms with E-state index in [-0.39, 0.29) is 11.2 Å². The third-order valence-corrected chi connectivity index (χ3v) is 9.65. The van der Waals surface area contributed by atoms with Gasteiger partial charge in [0, 0.05) is 37.1 Å². The van der Waals surface area contributed by atoms with Crippen LogP contribution in [0.2, 0.25) is 5.02 Å². The Morgan fingerprint density at radius 1 is 1.21 bits per heavy atom. The number of sulfonamides is 1. The molecule has 0 amide bonds. The molecule has 1 aromatic heterocycles. The molecule has 0 spiro atoms. The van der Waals surface area contributed by atoms with Gasteiger partial charge in [0.2, 0.25) is 15.8 Å². The van der Waals surface area contributed by atoms with E-state index in [0.717, 1.165) is 25.7 Å². The van der Waals surface area contributed by atoms with Gasteiger partial charge in [0.1, 0.15) is 11.3 Å². The average molecular weight is 493 g/mol. The van der Waals surface area contributed by atoms with Gasteiger partial charge in [-0.1, -0.05) is 17.7 Å². The third kappa shape index (κ3) is 4.04. The van der Waals surface area contributed by atoms with E-state index >= 15 is 0 Å². The first-order valence-electron chi connectivity index (χ1n) is 11.5. The molecule has 33 heavy (non-hydrogen) atoms. The first-order valence-corrected chi connectivity index (χ1v) is 13.4. The number of anilines is 1.